The van der Waals surface area contributed by atoms with E-state index in [1.54, 1.807) is 42.5 Å². The third-order valence-electron chi connectivity index (χ3n) is 3.58. The van der Waals surface area contributed by atoms with Crippen molar-refractivity contribution >= 4 is 27.4 Å². The molecule has 0 amide bonds. The molecule has 0 fully saturated rings. The summed E-state index contributed by atoms with van der Waals surface area (Å²) >= 11 is 5.98. The normalized spacial score (nSPS) is 11.4. The lowest BCUT2D eigenvalue weighted by Gasteiger charge is -2.07. The lowest BCUT2D eigenvalue weighted by Crippen LogP contribution is -2.11. The van der Waals surface area contributed by atoms with Crippen LogP contribution in [0.5, 0.6) is 0 Å². The molecule has 0 bridgehead atoms. The summed E-state index contributed by atoms with van der Waals surface area (Å²) in [6.07, 6.45) is 3.00. The van der Waals surface area contributed by atoms with Gasteiger partial charge in [-0.2, -0.15) is 0 Å². The number of benzene rings is 2. The summed E-state index contributed by atoms with van der Waals surface area (Å²) < 4.78 is 26.3. The van der Waals surface area contributed by atoms with E-state index in [9.17, 15) is 13.2 Å². The maximum atomic E-state index is 12.6. The minimum atomic E-state index is -3.78. The van der Waals surface area contributed by atoms with Crippen molar-refractivity contribution < 1.29 is 13.2 Å². The second kappa shape index (κ2) is 6.63. The van der Waals surface area contributed by atoms with E-state index in [0.29, 0.717) is 11.1 Å². The molecule has 0 saturated heterocycles. The van der Waals surface area contributed by atoms with Gasteiger partial charge in [0.25, 0.3) is 10.0 Å². The third kappa shape index (κ3) is 3.27. The predicted molar refractivity (Wildman–Crippen MR) is 92.9 cm³/mol. The lowest BCUT2D eigenvalue weighted by atomic mass is 10.1. The number of ketones is 1. The van der Waals surface area contributed by atoms with Crippen LogP contribution in [0.4, 0.5) is 0 Å². The molecule has 0 spiro atoms. The van der Waals surface area contributed by atoms with E-state index >= 15 is 0 Å². The van der Waals surface area contributed by atoms with Crippen molar-refractivity contribution in [1.29, 1.82) is 0 Å². The van der Waals surface area contributed by atoms with Crippen LogP contribution in [0.1, 0.15) is 15.9 Å². The van der Waals surface area contributed by atoms with Gasteiger partial charge >= 0.3 is 0 Å². The molecule has 0 atom stereocenters. The number of halogens is 1. The summed E-state index contributed by atoms with van der Waals surface area (Å²) in [6.45, 7) is 0. The molecule has 0 aliphatic heterocycles. The van der Waals surface area contributed by atoms with Crippen molar-refractivity contribution in [1.82, 2.24) is 3.97 Å². The fourth-order valence-electron chi connectivity index (χ4n) is 2.35. The van der Waals surface area contributed by atoms with Crippen LogP contribution in [-0.4, -0.2) is 18.2 Å². The zero-order valence-electron chi connectivity index (χ0n) is 12.6. The van der Waals surface area contributed by atoms with E-state index in [4.69, 9.17) is 11.6 Å². The van der Waals surface area contributed by atoms with Gasteiger partial charge in [0.2, 0.25) is 0 Å². The summed E-state index contributed by atoms with van der Waals surface area (Å²) in [6, 6.07) is 16.8. The molecule has 2 aromatic carbocycles. The highest BCUT2D eigenvalue weighted by molar-refractivity contribution is 7.90. The largest absolute Gasteiger partial charge is 0.294 e. The summed E-state index contributed by atoms with van der Waals surface area (Å²) in [4.78, 5) is 12.2. The SMILES string of the molecule is O=C(Cc1ccn(S(=O)(=O)c2ccccc2Cl)c1)c1ccccc1. The maximum absolute atomic E-state index is 12.6. The van der Waals surface area contributed by atoms with E-state index in [-0.39, 0.29) is 22.1 Å². The van der Waals surface area contributed by atoms with Gasteiger partial charge in [0.05, 0.1) is 5.02 Å². The molecule has 122 valence electrons. The number of aromatic nitrogens is 1. The number of hydrogen-bond acceptors (Lipinski definition) is 3. The molecule has 0 aliphatic carbocycles. The fraction of sp³-hybridized carbons (Fsp3) is 0.0556. The summed E-state index contributed by atoms with van der Waals surface area (Å²) in [5.41, 5.74) is 1.22. The summed E-state index contributed by atoms with van der Waals surface area (Å²) in [5.74, 6) is -0.0662. The highest BCUT2D eigenvalue weighted by atomic mass is 35.5. The van der Waals surface area contributed by atoms with Gasteiger partial charge in [-0.3, -0.25) is 4.79 Å². The fourth-order valence-corrected chi connectivity index (χ4v) is 4.07. The Morgan fingerprint density at radius 3 is 2.33 bits per heavy atom. The number of carbonyl (C=O) groups excluding carboxylic acids is 1. The molecule has 6 heteroatoms. The van der Waals surface area contributed by atoms with Gasteiger partial charge in [-0.05, 0) is 23.8 Å². The Hall–Kier alpha value is -2.37. The molecular formula is C18H14ClNO3S. The number of Topliss-reactive ketones (excluding diaryl/α,β-unsaturated/α-hetero) is 1. The first-order chi connectivity index (χ1) is 11.5. The molecule has 0 radical (unpaired) electrons. The number of rotatable bonds is 5. The highest BCUT2D eigenvalue weighted by Crippen LogP contribution is 2.23. The van der Waals surface area contributed by atoms with Crippen molar-refractivity contribution in [3.8, 4) is 0 Å². The van der Waals surface area contributed by atoms with Crippen LogP contribution in [0.25, 0.3) is 0 Å². The first kappa shape index (κ1) is 16.5. The second-order valence-electron chi connectivity index (χ2n) is 5.25. The Balaban J connectivity index is 1.86. The Bertz CT molecular complexity index is 978. The van der Waals surface area contributed by atoms with Crippen molar-refractivity contribution in [3.05, 3.63) is 89.2 Å². The van der Waals surface area contributed by atoms with Gasteiger partial charge in [-0.15, -0.1) is 0 Å². The summed E-state index contributed by atoms with van der Waals surface area (Å²) in [5, 5.41) is 0.160. The average Bonchev–Trinajstić information content (AvgIpc) is 3.05. The van der Waals surface area contributed by atoms with Crippen LogP contribution in [0, 0.1) is 0 Å². The van der Waals surface area contributed by atoms with Crippen molar-refractivity contribution in [2.24, 2.45) is 0 Å². The molecule has 0 aliphatic rings. The Morgan fingerprint density at radius 1 is 0.958 bits per heavy atom. The Labute approximate surface area is 145 Å². The van der Waals surface area contributed by atoms with Gasteiger partial charge in [-0.25, -0.2) is 12.4 Å². The van der Waals surface area contributed by atoms with Gasteiger partial charge in [0.1, 0.15) is 4.90 Å². The molecule has 3 aromatic rings. The van der Waals surface area contributed by atoms with E-state index in [1.165, 1.54) is 24.5 Å². The first-order valence-electron chi connectivity index (χ1n) is 7.24. The van der Waals surface area contributed by atoms with Crippen LogP contribution in [0.3, 0.4) is 0 Å². The molecular weight excluding hydrogens is 346 g/mol. The predicted octanol–water partition coefficient (Wildman–Crippen LogP) is 3.80. The zero-order chi connectivity index (χ0) is 17.2. The third-order valence-corrected chi connectivity index (χ3v) is 5.72. The van der Waals surface area contributed by atoms with Gasteiger partial charge in [-0.1, -0.05) is 54.1 Å². The summed E-state index contributed by atoms with van der Waals surface area (Å²) in [7, 11) is -3.78. The van der Waals surface area contributed by atoms with Crippen LogP contribution in [-0.2, 0) is 16.4 Å². The lowest BCUT2D eigenvalue weighted by molar-refractivity contribution is 0.0993. The van der Waals surface area contributed by atoms with Gasteiger partial charge in [0, 0.05) is 24.4 Å². The maximum Gasteiger partial charge on any atom is 0.269 e. The monoisotopic (exact) mass is 359 g/mol. The van der Waals surface area contributed by atoms with Crippen LogP contribution in [0.2, 0.25) is 5.02 Å². The number of nitrogens with zero attached hydrogens (tertiary/aromatic N) is 1. The van der Waals surface area contributed by atoms with Crippen LogP contribution in [0.15, 0.2) is 78.0 Å². The standard InChI is InChI=1S/C18H14ClNO3S/c19-16-8-4-5-9-18(16)24(22,23)20-11-10-14(13-20)12-17(21)15-6-2-1-3-7-15/h1-11,13H,12H2. The molecule has 4 nitrogen and oxygen atoms in total. The van der Waals surface area contributed by atoms with Gasteiger partial charge < -0.3 is 0 Å². The molecule has 3 rings (SSSR count). The van der Waals surface area contributed by atoms with E-state index in [0.717, 1.165) is 3.97 Å². The van der Waals surface area contributed by atoms with E-state index in [1.807, 2.05) is 6.07 Å². The zero-order valence-corrected chi connectivity index (χ0v) is 14.2. The number of hydrogen-bond donors (Lipinski definition) is 0. The smallest absolute Gasteiger partial charge is 0.269 e. The molecule has 0 unspecified atom stereocenters. The van der Waals surface area contributed by atoms with Crippen LogP contribution < -0.4 is 0 Å². The first-order valence-corrected chi connectivity index (χ1v) is 9.05. The minimum Gasteiger partial charge on any atom is -0.294 e. The Morgan fingerprint density at radius 2 is 1.62 bits per heavy atom. The number of carbonyl (C=O) groups is 1. The molecule has 1 heterocycles. The molecule has 24 heavy (non-hydrogen) atoms. The average molecular weight is 360 g/mol. The van der Waals surface area contributed by atoms with E-state index < -0.39 is 10.0 Å². The topological polar surface area (TPSA) is 56.1 Å². The second-order valence-corrected chi connectivity index (χ2v) is 7.47. The minimum absolute atomic E-state index is 0.0307. The Kier molecular flexibility index (Phi) is 4.55. The molecule has 0 N–H and O–H groups in total. The van der Waals surface area contributed by atoms with Crippen molar-refractivity contribution in [2.45, 2.75) is 11.3 Å². The molecule has 0 saturated carbocycles. The highest BCUT2D eigenvalue weighted by Gasteiger charge is 2.20. The van der Waals surface area contributed by atoms with Crippen molar-refractivity contribution in [2.75, 3.05) is 0 Å². The van der Waals surface area contributed by atoms with Crippen molar-refractivity contribution in [3.63, 3.8) is 0 Å². The molecule has 1 aromatic heterocycles. The quantitative estimate of drug-likeness (QED) is 0.651. The van der Waals surface area contributed by atoms with E-state index in [2.05, 4.69) is 0 Å². The van der Waals surface area contributed by atoms with Crippen LogP contribution >= 0.6 is 11.6 Å². The van der Waals surface area contributed by atoms with Gasteiger partial charge in [0.15, 0.2) is 5.78 Å².